The van der Waals surface area contributed by atoms with Gasteiger partial charge in [-0.2, -0.15) is 5.10 Å². The molecule has 1 saturated carbocycles. The van der Waals surface area contributed by atoms with Crippen molar-refractivity contribution in [2.24, 2.45) is 0 Å². The van der Waals surface area contributed by atoms with Gasteiger partial charge in [0.25, 0.3) is 0 Å². The Morgan fingerprint density at radius 1 is 1.16 bits per heavy atom. The van der Waals surface area contributed by atoms with Crippen LogP contribution in [0.15, 0.2) is 29.2 Å². The number of aromatic amines is 1. The van der Waals surface area contributed by atoms with Crippen molar-refractivity contribution in [2.45, 2.75) is 48.2 Å². The second-order valence-corrected chi connectivity index (χ2v) is 6.72. The van der Waals surface area contributed by atoms with E-state index in [1.54, 1.807) is 0 Å². The van der Waals surface area contributed by atoms with Gasteiger partial charge in [-0.05, 0) is 30.9 Å². The van der Waals surface area contributed by atoms with Gasteiger partial charge in [-0.1, -0.05) is 31.0 Å². The molecule has 0 radical (unpaired) electrons. The predicted octanol–water partition coefficient (Wildman–Crippen LogP) is 3.85. The number of H-pyrrole nitrogens is 1. The van der Waals surface area contributed by atoms with Gasteiger partial charge in [-0.15, -0.1) is 11.8 Å². The van der Waals surface area contributed by atoms with Crippen LogP contribution in [0.2, 0.25) is 0 Å². The van der Waals surface area contributed by atoms with Crippen LogP contribution in [0.1, 0.15) is 54.1 Å². The van der Waals surface area contributed by atoms with Gasteiger partial charge in [0.1, 0.15) is 5.82 Å². The Morgan fingerprint density at radius 3 is 2.84 bits per heavy atom. The SMILES string of the molecule is c1ccc2c(c1)CC(c1nc(C3CCCC3)n[nH]1)S2. The largest absolute Gasteiger partial charge is 0.262 e. The molecular formula is C15H17N3S. The molecule has 1 atom stereocenters. The van der Waals surface area contributed by atoms with Gasteiger partial charge >= 0.3 is 0 Å². The highest BCUT2D eigenvalue weighted by Crippen LogP contribution is 2.45. The highest BCUT2D eigenvalue weighted by molar-refractivity contribution is 7.99. The lowest BCUT2D eigenvalue weighted by Crippen LogP contribution is -1.97. The van der Waals surface area contributed by atoms with Crippen LogP contribution in [0.4, 0.5) is 0 Å². The molecule has 1 fully saturated rings. The maximum absolute atomic E-state index is 4.77. The molecule has 0 amide bonds. The minimum absolute atomic E-state index is 0.417. The van der Waals surface area contributed by atoms with Gasteiger partial charge in [-0.25, -0.2) is 4.98 Å². The van der Waals surface area contributed by atoms with E-state index in [2.05, 4.69) is 34.5 Å². The topological polar surface area (TPSA) is 41.6 Å². The summed E-state index contributed by atoms with van der Waals surface area (Å²) in [7, 11) is 0. The Hall–Kier alpha value is -1.29. The molecule has 1 aromatic carbocycles. The molecule has 1 aromatic heterocycles. The van der Waals surface area contributed by atoms with E-state index in [4.69, 9.17) is 4.98 Å². The van der Waals surface area contributed by atoms with Crippen LogP contribution in [0.25, 0.3) is 0 Å². The van der Waals surface area contributed by atoms with E-state index in [9.17, 15) is 0 Å². The Labute approximate surface area is 117 Å². The minimum atomic E-state index is 0.417. The van der Waals surface area contributed by atoms with Crippen molar-refractivity contribution < 1.29 is 0 Å². The standard InChI is InChI=1S/C15H17N3S/c1-2-6-10(5-1)14-16-15(18-17-14)13-9-11-7-3-4-8-12(11)19-13/h3-4,7-8,10,13H,1-2,5-6,9H2,(H,16,17,18). The molecule has 1 unspecified atom stereocenters. The molecule has 0 bridgehead atoms. The van der Waals surface area contributed by atoms with E-state index in [0.29, 0.717) is 11.2 Å². The number of benzene rings is 1. The molecule has 4 rings (SSSR count). The molecule has 2 aliphatic rings. The molecule has 98 valence electrons. The van der Waals surface area contributed by atoms with Crippen LogP contribution < -0.4 is 0 Å². The quantitative estimate of drug-likeness (QED) is 0.902. The summed E-state index contributed by atoms with van der Waals surface area (Å²) >= 11 is 1.91. The number of rotatable bonds is 2. The maximum Gasteiger partial charge on any atom is 0.153 e. The van der Waals surface area contributed by atoms with Crippen molar-refractivity contribution in [3.8, 4) is 0 Å². The molecule has 19 heavy (non-hydrogen) atoms. The average molecular weight is 271 g/mol. The number of fused-ring (bicyclic) bond motifs is 1. The van der Waals surface area contributed by atoms with Crippen molar-refractivity contribution >= 4 is 11.8 Å². The molecule has 1 aliphatic carbocycles. The van der Waals surface area contributed by atoms with Crippen molar-refractivity contribution in [1.82, 2.24) is 15.2 Å². The summed E-state index contributed by atoms with van der Waals surface area (Å²) in [6, 6.07) is 8.65. The first-order valence-corrected chi connectivity index (χ1v) is 7.95. The molecule has 3 nitrogen and oxygen atoms in total. The van der Waals surface area contributed by atoms with E-state index in [0.717, 1.165) is 18.1 Å². The first-order valence-electron chi connectivity index (χ1n) is 7.07. The first kappa shape index (κ1) is 11.5. The van der Waals surface area contributed by atoms with Crippen LogP contribution in [0.3, 0.4) is 0 Å². The van der Waals surface area contributed by atoms with Gasteiger partial charge in [0, 0.05) is 10.8 Å². The Kier molecular flexibility index (Phi) is 2.84. The number of nitrogens with one attached hydrogen (secondary N) is 1. The second kappa shape index (κ2) is 4.67. The Balaban J connectivity index is 1.55. The van der Waals surface area contributed by atoms with Gasteiger partial charge < -0.3 is 0 Å². The lowest BCUT2D eigenvalue weighted by molar-refractivity contribution is 0.671. The van der Waals surface area contributed by atoms with E-state index >= 15 is 0 Å². The monoisotopic (exact) mass is 271 g/mol. The predicted molar refractivity (Wildman–Crippen MR) is 76.3 cm³/mol. The van der Waals surface area contributed by atoms with Crippen molar-refractivity contribution in [3.05, 3.63) is 41.5 Å². The van der Waals surface area contributed by atoms with E-state index < -0.39 is 0 Å². The number of nitrogens with zero attached hydrogens (tertiary/aromatic N) is 2. The summed E-state index contributed by atoms with van der Waals surface area (Å²) in [5.74, 6) is 2.70. The Bertz CT molecular complexity index is 562. The van der Waals surface area contributed by atoms with E-state index in [1.165, 1.54) is 36.1 Å². The van der Waals surface area contributed by atoms with Gasteiger partial charge in [-0.3, -0.25) is 5.10 Å². The molecule has 0 spiro atoms. The zero-order valence-electron chi connectivity index (χ0n) is 10.8. The average Bonchev–Trinajstić information content (AvgIpc) is 3.17. The fourth-order valence-electron chi connectivity index (χ4n) is 3.13. The van der Waals surface area contributed by atoms with Gasteiger partial charge in [0.2, 0.25) is 0 Å². The third-order valence-electron chi connectivity index (χ3n) is 4.19. The van der Waals surface area contributed by atoms with Crippen molar-refractivity contribution in [2.75, 3.05) is 0 Å². The number of hydrogen-bond acceptors (Lipinski definition) is 3. The zero-order chi connectivity index (χ0) is 12.7. The highest BCUT2D eigenvalue weighted by atomic mass is 32.2. The summed E-state index contributed by atoms with van der Waals surface area (Å²) in [5.41, 5.74) is 1.44. The molecule has 1 N–H and O–H groups in total. The number of aromatic nitrogens is 3. The molecule has 1 aliphatic heterocycles. The summed E-state index contributed by atoms with van der Waals surface area (Å²) < 4.78 is 0. The van der Waals surface area contributed by atoms with Crippen molar-refractivity contribution in [3.63, 3.8) is 0 Å². The normalized spacial score (nSPS) is 22.8. The lowest BCUT2D eigenvalue weighted by Gasteiger charge is -2.03. The van der Waals surface area contributed by atoms with Crippen LogP contribution in [0, 0.1) is 0 Å². The fourth-order valence-corrected chi connectivity index (χ4v) is 4.38. The third-order valence-corrected chi connectivity index (χ3v) is 5.52. The lowest BCUT2D eigenvalue weighted by atomic mass is 10.1. The number of hydrogen-bond donors (Lipinski definition) is 1. The van der Waals surface area contributed by atoms with Crippen LogP contribution in [0.5, 0.6) is 0 Å². The van der Waals surface area contributed by atoms with Gasteiger partial charge in [0.15, 0.2) is 5.82 Å². The maximum atomic E-state index is 4.77. The summed E-state index contributed by atoms with van der Waals surface area (Å²) in [6.07, 6.45) is 6.25. The summed E-state index contributed by atoms with van der Waals surface area (Å²) in [4.78, 5) is 6.16. The van der Waals surface area contributed by atoms with Crippen LogP contribution in [-0.4, -0.2) is 15.2 Å². The van der Waals surface area contributed by atoms with E-state index in [1.807, 2.05) is 11.8 Å². The summed E-state index contributed by atoms with van der Waals surface area (Å²) in [6.45, 7) is 0. The molecular weight excluding hydrogens is 254 g/mol. The van der Waals surface area contributed by atoms with Crippen LogP contribution in [-0.2, 0) is 6.42 Å². The summed E-state index contributed by atoms with van der Waals surface area (Å²) in [5, 5.41) is 8.05. The van der Waals surface area contributed by atoms with Gasteiger partial charge in [0.05, 0.1) is 5.25 Å². The van der Waals surface area contributed by atoms with Crippen LogP contribution >= 0.6 is 11.8 Å². The fraction of sp³-hybridized carbons (Fsp3) is 0.467. The van der Waals surface area contributed by atoms with Crippen molar-refractivity contribution in [1.29, 1.82) is 0 Å². The second-order valence-electron chi connectivity index (χ2n) is 5.48. The molecule has 2 heterocycles. The molecule has 4 heteroatoms. The molecule has 2 aromatic rings. The van der Waals surface area contributed by atoms with E-state index in [-0.39, 0.29) is 0 Å². The molecule has 0 saturated heterocycles. The third kappa shape index (κ3) is 2.08. The minimum Gasteiger partial charge on any atom is -0.262 e. The number of thioether (sulfide) groups is 1. The smallest absolute Gasteiger partial charge is 0.153 e. The Morgan fingerprint density at radius 2 is 2.00 bits per heavy atom. The highest BCUT2D eigenvalue weighted by Gasteiger charge is 2.28. The zero-order valence-corrected chi connectivity index (χ0v) is 11.6. The first-order chi connectivity index (χ1) is 9.40.